The normalized spacial score (nSPS) is 11.6. The predicted molar refractivity (Wildman–Crippen MR) is 61.3 cm³/mol. The van der Waals surface area contributed by atoms with Crippen molar-refractivity contribution in [3.05, 3.63) is 53.8 Å². The number of nitrogens with two attached hydrogens (primary N) is 1. The molecule has 0 spiro atoms. The highest BCUT2D eigenvalue weighted by atomic mass is 19.4. The first-order valence-electron chi connectivity index (χ1n) is 5.11. The first kappa shape index (κ1) is 12.4. The molecule has 5 heteroatoms. The van der Waals surface area contributed by atoms with E-state index in [0.29, 0.717) is 5.56 Å². The van der Waals surface area contributed by atoms with Crippen molar-refractivity contribution < 1.29 is 17.6 Å². The van der Waals surface area contributed by atoms with Gasteiger partial charge in [-0.2, -0.15) is 13.2 Å². The van der Waals surface area contributed by atoms with Crippen LogP contribution in [0.25, 0.3) is 11.1 Å². The number of benzene rings is 2. The topological polar surface area (TPSA) is 26.0 Å². The number of halogens is 4. The predicted octanol–water partition coefficient (Wildman–Crippen LogP) is 4.09. The fourth-order valence-electron chi connectivity index (χ4n) is 1.67. The lowest BCUT2D eigenvalue weighted by Crippen LogP contribution is -2.04. The van der Waals surface area contributed by atoms with E-state index in [0.717, 1.165) is 12.1 Å². The van der Waals surface area contributed by atoms with Crippen molar-refractivity contribution >= 4 is 5.69 Å². The zero-order chi connectivity index (χ0) is 13.3. The first-order chi connectivity index (χ1) is 8.39. The summed E-state index contributed by atoms with van der Waals surface area (Å²) in [6.45, 7) is 0. The third-order valence-electron chi connectivity index (χ3n) is 2.55. The Morgan fingerprint density at radius 2 is 1.50 bits per heavy atom. The van der Waals surface area contributed by atoms with Crippen LogP contribution in [-0.2, 0) is 6.18 Å². The molecule has 18 heavy (non-hydrogen) atoms. The fraction of sp³-hybridized carbons (Fsp3) is 0.0769. The standard InChI is InChI=1S/C13H9F4N/c14-10-2-1-3-11(18)12(10)8-4-6-9(7-5-8)13(15,16)17/h1-7H,18H2. The molecular formula is C13H9F4N. The van der Waals surface area contributed by atoms with Crippen molar-refractivity contribution in [3.8, 4) is 11.1 Å². The van der Waals surface area contributed by atoms with E-state index >= 15 is 0 Å². The van der Waals surface area contributed by atoms with E-state index in [1.165, 1.54) is 30.3 Å². The van der Waals surface area contributed by atoms with Crippen molar-refractivity contribution in [2.75, 3.05) is 5.73 Å². The molecule has 0 saturated heterocycles. The Kier molecular flexibility index (Phi) is 2.98. The molecule has 0 radical (unpaired) electrons. The highest BCUT2D eigenvalue weighted by Gasteiger charge is 2.30. The third kappa shape index (κ3) is 2.30. The van der Waals surface area contributed by atoms with Crippen LogP contribution >= 0.6 is 0 Å². The molecule has 2 aromatic carbocycles. The van der Waals surface area contributed by atoms with E-state index in [4.69, 9.17) is 5.73 Å². The summed E-state index contributed by atoms with van der Waals surface area (Å²) in [5.74, 6) is -0.560. The molecule has 0 unspecified atom stereocenters. The second kappa shape index (κ2) is 4.33. The highest BCUT2D eigenvalue weighted by Crippen LogP contribution is 2.33. The summed E-state index contributed by atoms with van der Waals surface area (Å²) in [5, 5.41) is 0. The van der Waals surface area contributed by atoms with Gasteiger partial charge >= 0.3 is 6.18 Å². The molecule has 0 aliphatic rings. The number of rotatable bonds is 1. The molecule has 2 N–H and O–H groups in total. The van der Waals surface area contributed by atoms with Gasteiger partial charge in [0.25, 0.3) is 0 Å². The summed E-state index contributed by atoms with van der Waals surface area (Å²) < 4.78 is 50.7. The number of nitrogen functional groups attached to an aromatic ring is 1. The van der Waals surface area contributed by atoms with Gasteiger partial charge in [0.1, 0.15) is 5.82 Å². The molecule has 2 aromatic rings. The van der Waals surface area contributed by atoms with Crippen molar-refractivity contribution in [1.82, 2.24) is 0 Å². The van der Waals surface area contributed by atoms with Crippen LogP contribution in [0, 0.1) is 5.82 Å². The Bertz CT molecular complexity index is 538. The largest absolute Gasteiger partial charge is 0.416 e. The zero-order valence-electron chi connectivity index (χ0n) is 9.13. The average molecular weight is 255 g/mol. The van der Waals surface area contributed by atoms with Gasteiger partial charge in [0.05, 0.1) is 5.56 Å². The smallest absolute Gasteiger partial charge is 0.398 e. The van der Waals surface area contributed by atoms with Crippen molar-refractivity contribution in [3.63, 3.8) is 0 Å². The molecule has 0 amide bonds. The molecule has 2 rings (SSSR count). The second-order valence-corrected chi connectivity index (χ2v) is 3.78. The summed E-state index contributed by atoms with van der Waals surface area (Å²) in [6, 6.07) is 8.37. The molecule has 0 fully saturated rings. The van der Waals surface area contributed by atoms with Gasteiger partial charge in [0.15, 0.2) is 0 Å². The summed E-state index contributed by atoms with van der Waals surface area (Å²) in [5.41, 5.74) is 5.46. The number of anilines is 1. The Balaban J connectivity index is 2.47. The molecular weight excluding hydrogens is 246 g/mol. The maximum Gasteiger partial charge on any atom is 0.416 e. The average Bonchev–Trinajstić information content (AvgIpc) is 2.28. The van der Waals surface area contributed by atoms with Gasteiger partial charge in [-0.1, -0.05) is 18.2 Å². The van der Waals surface area contributed by atoms with E-state index in [1.54, 1.807) is 0 Å². The minimum atomic E-state index is -4.40. The molecule has 1 nitrogen and oxygen atoms in total. The monoisotopic (exact) mass is 255 g/mol. The van der Waals surface area contributed by atoms with E-state index in [9.17, 15) is 17.6 Å². The van der Waals surface area contributed by atoms with E-state index in [-0.39, 0.29) is 11.3 Å². The molecule has 0 heterocycles. The Labute approximate surface area is 101 Å². The number of hydrogen-bond acceptors (Lipinski definition) is 1. The quantitative estimate of drug-likeness (QED) is 0.602. The van der Waals surface area contributed by atoms with Crippen LogP contribution in [-0.4, -0.2) is 0 Å². The van der Waals surface area contributed by atoms with Gasteiger partial charge in [0.2, 0.25) is 0 Å². The lowest BCUT2D eigenvalue weighted by molar-refractivity contribution is -0.137. The third-order valence-corrected chi connectivity index (χ3v) is 2.55. The molecule has 0 bridgehead atoms. The lowest BCUT2D eigenvalue weighted by Gasteiger charge is -2.10. The summed E-state index contributed by atoms with van der Waals surface area (Å²) in [7, 11) is 0. The van der Waals surface area contributed by atoms with Gasteiger partial charge in [-0.05, 0) is 29.8 Å². The zero-order valence-corrected chi connectivity index (χ0v) is 9.13. The van der Waals surface area contributed by atoms with Crippen molar-refractivity contribution in [2.24, 2.45) is 0 Å². The molecule has 0 aromatic heterocycles. The van der Waals surface area contributed by atoms with Crippen molar-refractivity contribution in [2.45, 2.75) is 6.18 Å². The summed E-state index contributed by atoms with van der Waals surface area (Å²) >= 11 is 0. The molecule has 0 saturated carbocycles. The van der Waals surface area contributed by atoms with E-state index in [2.05, 4.69) is 0 Å². The SMILES string of the molecule is Nc1cccc(F)c1-c1ccc(C(F)(F)F)cc1. The number of hydrogen-bond donors (Lipinski definition) is 1. The van der Waals surface area contributed by atoms with Crippen LogP contribution < -0.4 is 5.73 Å². The Morgan fingerprint density at radius 1 is 0.889 bits per heavy atom. The Morgan fingerprint density at radius 3 is 2.00 bits per heavy atom. The molecule has 0 aliphatic carbocycles. The van der Waals surface area contributed by atoms with Gasteiger partial charge in [-0.25, -0.2) is 4.39 Å². The molecule has 0 aliphatic heterocycles. The van der Waals surface area contributed by atoms with Crippen LogP contribution in [0.5, 0.6) is 0 Å². The van der Waals surface area contributed by atoms with Crippen LogP contribution in [0.3, 0.4) is 0 Å². The molecule has 94 valence electrons. The second-order valence-electron chi connectivity index (χ2n) is 3.78. The van der Waals surface area contributed by atoms with Crippen molar-refractivity contribution in [1.29, 1.82) is 0 Å². The lowest BCUT2D eigenvalue weighted by atomic mass is 10.0. The van der Waals surface area contributed by atoms with Crippen LogP contribution in [0.4, 0.5) is 23.2 Å². The summed E-state index contributed by atoms with van der Waals surface area (Å²) in [6.07, 6.45) is -4.40. The highest BCUT2D eigenvalue weighted by molar-refractivity contribution is 5.76. The maximum atomic E-state index is 13.6. The van der Waals surface area contributed by atoms with E-state index in [1.807, 2.05) is 0 Å². The molecule has 0 atom stereocenters. The summed E-state index contributed by atoms with van der Waals surface area (Å²) in [4.78, 5) is 0. The Hall–Kier alpha value is -2.04. The van der Waals surface area contributed by atoms with Crippen LogP contribution in [0.15, 0.2) is 42.5 Å². The van der Waals surface area contributed by atoms with Gasteiger partial charge in [0, 0.05) is 11.3 Å². The minimum Gasteiger partial charge on any atom is -0.398 e. The van der Waals surface area contributed by atoms with Gasteiger partial charge in [-0.3, -0.25) is 0 Å². The van der Waals surface area contributed by atoms with E-state index < -0.39 is 17.6 Å². The van der Waals surface area contributed by atoms with Gasteiger partial charge < -0.3 is 5.73 Å². The number of alkyl halides is 3. The fourth-order valence-corrected chi connectivity index (χ4v) is 1.67. The minimum absolute atomic E-state index is 0.117. The maximum absolute atomic E-state index is 13.6. The van der Waals surface area contributed by atoms with Gasteiger partial charge in [-0.15, -0.1) is 0 Å². The first-order valence-corrected chi connectivity index (χ1v) is 5.11. The van der Waals surface area contributed by atoms with Crippen LogP contribution in [0.2, 0.25) is 0 Å². The van der Waals surface area contributed by atoms with Crippen LogP contribution in [0.1, 0.15) is 5.56 Å².